The second-order valence-electron chi connectivity index (χ2n) is 10.9. The highest BCUT2D eigenvalue weighted by atomic mass is 35.5. The number of aryl methyl sites for hydroxylation is 3. The standard InChI is InChI=1S/C35H33ClN2O/c1-22-7-13-33-32(18-22)30-5-4-6-31(30)35(38-33)26-8-11-29(12-9-26)37-20-27-19-28(36)10-14-34(27)39-21-25-16-23(2)15-24(3)17-25/h4-5,7-20,30-31,35,38H,6,21H2,1-3H3/t30-,31+,35+/m1/s1. The van der Waals surface area contributed by atoms with Gasteiger partial charge in [0.15, 0.2) is 0 Å². The second kappa shape index (κ2) is 10.7. The SMILES string of the molecule is Cc1cc(C)cc(COc2ccc(Cl)cc2C=Nc2ccc([C@@H]3Nc4ccc(C)cc4[C@@H]4C=CC[C@@H]43)cc2)c1. The van der Waals surface area contributed by atoms with Crippen LogP contribution in [0.3, 0.4) is 0 Å². The predicted octanol–water partition coefficient (Wildman–Crippen LogP) is 9.42. The number of rotatable bonds is 6. The van der Waals surface area contributed by atoms with Crippen molar-refractivity contribution in [3.8, 4) is 5.75 Å². The minimum absolute atomic E-state index is 0.274. The van der Waals surface area contributed by atoms with Crippen LogP contribution >= 0.6 is 11.6 Å². The molecule has 0 spiro atoms. The molecular formula is C35H33ClN2O. The number of allylic oxidation sites excluding steroid dienone is 2. The molecule has 4 heteroatoms. The van der Waals surface area contributed by atoms with E-state index in [1.54, 1.807) is 0 Å². The molecule has 0 unspecified atom stereocenters. The summed E-state index contributed by atoms with van der Waals surface area (Å²) in [6.07, 6.45) is 7.66. The maximum Gasteiger partial charge on any atom is 0.128 e. The van der Waals surface area contributed by atoms with Gasteiger partial charge in [0.05, 0.1) is 11.7 Å². The predicted molar refractivity (Wildman–Crippen MR) is 163 cm³/mol. The van der Waals surface area contributed by atoms with Crippen LogP contribution in [0, 0.1) is 26.7 Å². The van der Waals surface area contributed by atoms with Gasteiger partial charge in [-0.05, 0) is 86.2 Å². The summed E-state index contributed by atoms with van der Waals surface area (Å²) >= 11 is 6.32. The Bertz CT molecular complexity index is 1550. The van der Waals surface area contributed by atoms with Gasteiger partial charge in [-0.15, -0.1) is 0 Å². The molecule has 3 atom stereocenters. The number of benzene rings is 4. The van der Waals surface area contributed by atoms with Gasteiger partial charge in [0, 0.05) is 28.4 Å². The quantitative estimate of drug-likeness (QED) is 0.198. The Kier molecular flexibility index (Phi) is 7.01. The molecule has 1 N–H and O–H groups in total. The first kappa shape index (κ1) is 25.5. The fraction of sp³-hybridized carbons (Fsp3) is 0.229. The molecule has 2 aliphatic rings. The first-order valence-corrected chi connectivity index (χ1v) is 14.0. The van der Waals surface area contributed by atoms with Crippen LogP contribution in [0.5, 0.6) is 5.75 Å². The zero-order chi connectivity index (χ0) is 26.9. The number of aliphatic imine (C=N–C) groups is 1. The van der Waals surface area contributed by atoms with Crippen LogP contribution in [0.1, 0.15) is 57.3 Å². The Balaban J connectivity index is 1.19. The summed E-state index contributed by atoms with van der Waals surface area (Å²) in [6, 6.07) is 27.8. The van der Waals surface area contributed by atoms with Crippen molar-refractivity contribution in [3.63, 3.8) is 0 Å². The van der Waals surface area contributed by atoms with E-state index in [0.29, 0.717) is 23.5 Å². The van der Waals surface area contributed by atoms with Crippen LogP contribution in [-0.4, -0.2) is 6.21 Å². The molecule has 4 aromatic carbocycles. The summed E-state index contributed by atoms with van der Waals surface area (Å²) in [5, 5.41) is 4.48. The minimum atomic E-state index is 0.274. The molecular weight excluding hydrogens is 500 g/mol. The molecule has 1 heterocycles. The number of nitrogens with one attached hydrogen (secondary N) is 1. The third-order valence-corrected chi connectivity index (χ3v) is 8.01. The molecule has 0 fully saturated rings. The Morgan fingerprint density at radius 3 is 2.49 bits per heavy atom. The molecule has 1 aliphatic carbocycles. The summed E-state index contributed by atoms with van der Waals surface area (Å²) in [5.41, 5.74) is 10.6. The second-order valence-corrected chi connectivity index (χ2v) is 11.3. The number of ether oxygens (including phenoxy) is 1. The molecule has 1 aliphatic heterocycles. The lowest BCUT2D eigenvalue weighted by molar-refractivity contribution is 0.305. The largest absolute Gasteiger partial charge is 0.488 e. The van der Waals surface area contributed by atoms with Crippen molar-refractivity contribution in [3.05, 3.63) is 135 Å². The van der Waals surface area contributed by atoms with Crippen LogP contribution < -0.4 is 10.1 Å². The first-order valence-electron chi connectivity index (χ1n) is 13.6. The van der Waals surface area contributed by atoms with E-state index in [-0.39, 0.29) is 6.04 Å². The number of nitrogens with zero attached hydrogens (tertiary/aromatic N) is 1. The summed E-state index contributed by atoms with van der Waals surface area (Å²) in [4.78, 5) is 4.76. The van der Waals surface area contributed by atoms with Crippen molar-refractivity contribution in [2.45, 2.75) is 45.8 Å². The molecule has 0 saturated carbocycles. The van der Waals surface area contributed by atoms with E-state index in [0.717, 1.165) is 29.0 Å². The molecule has 0 bridgehead atoms. The van der Waals surface area contributed by atoms with Crippen molar-refractivity contribution >= 4 is 29.2 Å². The van der Waals surface area contributed by atoms with Gasteiger partial charge in [0.1, 0.15) is 12.4 Å². The summed E-state index contributed by atoms with van der Waals surface area (Å²) < 4.78 is 6.19. The van der Waals surface area contributed by atoms with Gasteiger partial charge in [-0.25, -0.2) is 0 Å². The van der Waals surface area contributed by atoms with Gasteiger partial charge < -0.3 is 10.1 Å². The lowest BCUT2D eigenvalue weighted by Gasteiger charge is -2.37. The first-order chi connectivity index (χ1) is 18.9. The molecule has 0 saturated heterocycles. The third kappa shape index (κ3) is 5.51. The third-order valence-electron chi connectivity index (χ3n) is 7.77. The highest BCUT2D eigenvalue weighted by molar-refractivity contribution is 6.30. The molecule has 0 amide bonds. The van der Waals surface area contributed by atoms with E-state index < -0.39 is 0 Å². The molecule has 0 aromatic heterocycles. The number of fused-ring (bicyclic) bond motifs is 3. The maximum atomic E-state index is 6.32. The number of hydrogen-bond acceptors (Lipinski definition) is 3. The van der Waals surface area contributed by atoms with E-state index in [1.165, 1.54) is 33.5 Å². The van der Waals surface area contributed by atoms with E-state index in [1.807, 2.05) is 24.4 Å². The Labute approximate surface area is 236 Å². The van der Waals surface area contributed by atoms with Crippen molar-refractivity contribution in [1.82, 2.24) is 0 Å². The van der Waals surface area contributed by atoms with Crippen molar-refractivity contribution in [2.75, 3.05) is 5.32 Å². The Hall–Kier alpha value is -3.82. The van der Waals surface area contributed by atoms with Crippen LogP contribution in [-0.2, 0) is 6.61 Å². The lowest BCUT2D eigenvalue weighted by Crippen LogP contribution is -2.29. The number of halogens is 1. The number of anilines is 1. The highest BCUT2D eigenvalue weighted by Crippen LogP contribution is 2.50. The summed E-state index contributed by atoms with van der Waals surface area (Å²) in [6.45, 7) is 6.88. The zero-order valence-electron chi connectivity index (χ0n) is 22.6. The molecule has 39 heavy (non-hydrogen) atoms. The Morgan fingerprint density at radius 1 is 0.897 bits per heavy atom. The zero-order valence-corrected chi connectivity index (χ0v) is 23.4. The van der Waals surface area contributed by atoms with E-state index in [4.69, 9.17) is 21.3 Å². The van der Waals surface area contributed by atoms with Gasteiger partial charge >= 0.3 is 0 Å². The van der Waals surface area contributed by atoms with Gasteiger partial charge in [-0.2, -0.15) is 0 Å². The minimum Gasteiger partial charge on any atom is -0.488 e. The molecule has 3 nitrogen and oxygen atoms in total. The van der Waals surface area contributed by atoms with Gasteiger partial charge in [0.25, 0.3) is 0 Å². The highest BCUT2D eigenvalue weighted by Gasteiger charge is 2.37. The average molecular weight is 533 g/mol. The van der Waals surface area contributed by atoms with Gasteiger partial charge in [-0.1, -0.05) is 82.9 Å². The molecule has 4 aromatic rings. The number of hydrogen-bond donors (Lipinski definition) is 1. The fourth-order valence-corrected chi connectivity index (χ4v) is 6.20. The van der Waals surface area contributed by atoms with Crippen molar-refractivity contribution in [2.24, 2.45) is 10.9 Å². The van der Waals surface area contributed by atoms with E-state index in [2.05, 4.69) is 98.9 Å². The average Bonchev–Trinajstić information content (AvgIpc) is 3.41. The molecule has 196 valence electrons. The van der Waals surface area contributed by atoms with Crippen LogP contribution in [0.15, 0.2) is 96.0 Å². The Morgan fingerprint density at radius 2 is 1.69 bits per heavy atom. The summed E-state index contributed by atoms with van der Waals surface area (Å²) in [7, 11) is 0. The van der Waals surface area contributed by atoms with Crippen molar-refractivity contribution < 1.29 is 4.74 Å². The topological polar surface area (TPSA) is 33.6 Å². The molecule has 6 rings (SSSR count). The molecule has 0 radical (unpaired) electrons. The smallest absolute Gasteiger partial charge is 0.128 e. The maximum absolute atomic E-state index is 6.32. The van der Waals surface area contributed by atoms with Crippen molar-refractivity contribution in [1.29, 1.82) is 0 Å². The van der Waals surface area contributed by atoms with Gasteiger partial charge in [-0.3, -0.25) is 4.99 Å². The van der Waals surface area contributed by atoms with Crippen LogP contribution in [0.2, 0.25) is 5.02 Å². The van der Waals surface area contributed by atoms with E-state index in [9.17, 15) is 0 Å². The van der Waals surface area contributed by atoms with Gasteiger partial charge in [0.2, 0.25) is 0 Å². The summed E-state index contributed by atoms with van der Waals surface area (Å²) in [5.74, 6) is 1.75. The van der Waals surface area contributed by atoms with Crippen LogP contribution in [0.25, 0.3) is 0 Å². The lowest BCUT2D eigenvalue weighted by atomic mass is 9.76. The monoisotopic (exact) mass is 532 g/mol. The fourth-order valence-electron chi connectivity index (χ4n) is 6.02. The van der Waals surface area contributed by atoms with E-state index >= 15 is 0 Å². The normalized spacial score (nSPS) is 19.5. The van der Waals surface area contributed by atoms with Crippen LogP contribution in [0.4, 0.5) is 11.4 Å².